The van der Waals surface area contributed by atoms with Crippen LogP contribution in [0.25, 0.3) is 0 Å². The Labute approximate surface area is 120 Å². The lowest BCUT2D eigenvalue weighted by atomic mass is 10.2. The van der Waals surface area contributed by atoms with Crippen LogP contribution in [0.2, 0.25) is 0 Å². The van der Waals surface area contributed by atoms with Crippen molar-refractivity contribution in [3.8, 4) is 5.75 Å². The minimum absolute atomic E-state index is 0.0516. The molecule has 0 spiro atoms. The fourth-order valence-corrected chi connectivity index (χ4v) is 1.71. The predicted octanol–water partition coefficient (Wildman–Crippen LogP) is 2.64. The fraction of sp³-hybridized carbons (Fsp3) is 0.467. The summed E-state index contributed by atoms with van der Waals surface area (Å²) >= 11 is 0. The summed E-state index contributed by atoms with van der Waals surface area (Å²) in [4.78, 5) is 0. The lowest BCUT2D eigenvalue weighted by Crippen LogP contribution is -2.21. The van der Waals surface area contributed by atoms with Crippen molar-refractivity contribution in [2.75, 3.05) is 6.61 Å². The van der Waals surface area contributed by atoms with Gasteiger partial charge in [-0.2, -0.15) is 5.10 Å². The van der Waals surface area contributed by atoms with Gasteiger partial charge in [0.25, 0.3) is 0 Å². The van der Waals surface area contributed by atoms with E-state index in [4.69, 9.17) is 16.2 Å². The first-order chi connectivity index (χ1) is 9.72. The number of hydrogen-bond acceptors (Lipinski definition) is 3. The highest BCUT2D eigenvalue weighted by Gasteiger charge is 1.94. The van der Waals surface area contributed by atoms with Crippen LogP contribution in [0.5, 0.6) is 5.75 Å². The molecule has 0 fully saturated rings. The molecular weight excluding hydrogens is 252 g/mol. The highest BCUT2D eigenvalue weighted by atomic mass is 16.5. The number of nitrogens with zero attached hydrogens (tertiary/aromatic N) is 2. The van der Waals surface area contributed by atoms with Gasteiger partial charge in [0.2, 0.25) is 5.96 Å². The zero-order chi connectivity index (χ0) is 14.6. The molecule has 0 bridgehead atoms. The zero-order valence-corrected chi connectivity index (χ0v) is 12.1. The topological polar surface area (TPSA) is 86.0 Å². The second-order valence-corrected chi connectivity index (χ2v) is 4.60. The molecule has 0 saturated heterocycles. The van der Waals surface area contributed by atoms with E-state index in [1.807, 2.05) is 24.3 Å². The third kappa shape index (κ3) is 7.41. The second kappa shape index (κ2) is 9.83. The molecule has 0 aromatic heterocycles. The van der Waals surface area contributed by atoms with Gasteiger partial charge in [0.1, 0.15) is 5.75 Å². The lowest BCUT2D eigenvalue weighted by Gasteiger charge is -2.06. The van der Waals surface area contributed by atoms with Gasteiger partial charge >= 0.3 is 0 Å². The van der Waals surface area contributed by atoms with E-state index >= 15 is 0 Å². The number of unbranched alkanes of at least 4 members (excludes halogenated alkanes) is 4. The van der Waals surface area contributed by atoms with E-state index in [-0.39, 0.29) is 5.96 Å². The van der Waals surface area contributed by atoms with Crippen LogP contribution in [0.4, 0.5) is 0 Å². The lowest BCUT2D eigenvalue weighted by molar-refractivity contribution is 0.304. The van der Waals surface area contributed by atoms with Crippen molar-refractivity contribution in [1.29, 1.82) is 0 Å². The molecule has 110 valence electrons. The molecule has 0 radical (unpaired) electrons. The summed E-state index contributed by atoms with van der Waals surface area (Å²) in [6.45, 7) is 2.99. The van der Waals surface area contributed by atoms with Gasteiger partial charge in [-0.3, -0.25) is 0 Å². The standard InChI is InChI=1S/C15H24N4O/c1-2-3-4-5-6-11-20-14-9-7-13(8-10-14)12-18-19-15(16)17/h7-10,12H,2-6,11H2,1H3,(H4,16,17,19)/b18-12-. The minimum atomic E-state index is -0.0516. The van der Waals surface area contributed by atoms with Gasteiger partial charge in [-0.15, -0.1) is 5.10 Å². The summed E-state index contributed by atoms with van der Waals surface area (Å²) in [6.07, 6.45) is 7.80. The van der Waals surface area contributed by atoms with Crippen molar-refractivity contribution in [1.82, 2.24) is 0 Å². The van der Waals surface area contributed by atoms with E-state index in [9.17, 15) is 0 Å². The highest BCUT2D eigenvalue weighted by Crippen LogP contribution is 2.12. The maximum absolute atomic E-state index is 5.67. The molecule has 0 aliphatic rings. The van der Waals surface area contributed by atoms with Crippen LogP contribution in [0, 0.1) is 0 Å². The molecular formula is C15H24N4O. The summed E-state index contributed by atoms with van der Waals surface area (Å²) < 4.78 is 5.67. The molecule has 1 rings (SSSR count). The predicted molar refractivity (Wildman–Crippen MR) is 84.1 cm³/mol. The van der Waals surface area contributed by atoms with Crippen LogP contribution in [-0.4, -0.2) is 18.8 Å². The maximum atomic E-state index is 5.67. The van der Waals surface area contributed by atoms with Gasteiger partial charge in [-0.25, -0.2) is 0 Å². The summed E-state index contributed by atoms with van der Waals surface area (Å²) in [7, 11) is 0. The third-order valence-electron chi connectivity index (χ3n) is 2.78. The molecule has 4 N–H and O–H groups in total. The van der Waals surface area contributed by atoms with E-state index in [0.29, 0.717) is 0 Å². The quantitative estimate of drug-likeness (QED) is 0.314. The van der Waals surface area contributed by atoms with Crippen LogP contribution < -0.4 is 16.2 Å². The van der Waals surface area contributed by atoms with Crippen molar-refractivity contribution >= 4 is 12.2 Å². The molecule has 5 nitrogen and oxygen atoms in total. The monoisotopic (exact) mass is 276 g/mol. The number of nitrogens with two attached hydrogens (primary N) is 2. The average Bonchev–Trinajstić information content (AvgIpc) is 2.44. The van der Waals surface area contributed by atoms with E-state index in [2.05, 4.69) is 17.1 Å². The van der Waals surface area contributed by atoms with Crippen molar-refractivity contribution in [2.24, 2.45) is 21.7 Å². The van der Waals surface area contributed by atoms with Gasteiger partial charge in [-0.05, 0) is 36.2 Å². The Morgan fingerprint density at radius 2 is 1.80 bits per heavy atom. The normalized spacial score (nSPS) is 10.7. The fourth-order valence-electron chi connectivity index (χ4n) is 1.71. The number of guanidine groups is 1. The molecule has 0 atom stereocenters. The summed E-state index contributed by atoms with van der Waals surface area (Å²) in [5.74, 6) is 0.823. The van der Waals surface area contributed by atoms with Crippen molar-refractivity contribution < 1.29 is 4.74 Å². The Morgan fingerprint density at radius 1 is 1.10 bits per heavy atom. The Balaban J connectivity index is 2.28. The molecule has 1 aromatic carbocycles. The van der Waals surface area contributed by atoms with Gasteiger partial charge < -0.3 is 16.2 Å². The van der Waals surface area contributed by atoms with E-state index in [1.165, 1.54) is 25.7 Å². The van der Waals surface area contributed by atoms with Crippen LogP contribution in [0.1, 0.15) is 44.6 Å². The van der Waals surface area contributed by atoms with Crippen molar-refractivity contribution in [3.05, 3.63) is 29.8 Å². The van der Waals surface area contributed by atoms with Crippen molar-refractivity contribution in [3.63, 3.8) is 0 Å². The van der Waals surface area contributed by atoms with Gasteiger partial charge in [-0.1, -0.05) is 32.6 Å². The minimum Gasteiger partial charge on any atom is -0.494 e. The molecule has 0 unspecified atom stereocenters. The first-order valence-electron chi connectivity index (χ1n) is 7.07. The molecule has 0 amide bonds. The van der Waals surface area contributed by atoms with Crippen LogP contribution in [-0.2, 0) is 0 Å². The largest absolute Gasteiger partial charge is 0.494 e. The maximum Gasteiger partial charge on any atom is 0.211 e. The number of hydrogen-bond donors (Lipinski definition) is 2. The third-order valence-corrected chi connectivity index (χ3v) is 2.78. The van der Waals surface area contributed by atoms with Crippen molar-refractivity contribution in [2.45, 2.75) is 39.0 Å². The smallest absolute Gasteiger partial charge is 0.211 e. The Kier molecular flexibility index (Phi) is 7.87. The van der Waals surface area contributed by atoms with Crippen LogP contribution in [0.3, 0.4) is 0 Å². The first-order valence-corrected chi connectivity index (χ1v) is 7.07. The number of ether oxygens (including phenoxy) is 1. The molecule has 1 aromatic rings. The summed E-state index contributed by atoms with van der Waals surface area (Å²) in [5.41, 5.74) is 11.3. The zero-order valence-electron chi connectivity index (χ0n) is 12.1. The van der Waals surface area contributed by atoms with Crippen LogP contribution >= 0.6 is 0 Å². The molecule has 0 aliphatic heterocycles. The molecule has 0 saturated carbocycles. The van der Waals surface area contributed by atoms with Gasteiger partial charge in [0, 0.05) is 0 Å². The van der Waals surface area contributed by atoms with Gasteiger partial charge in [0.05, 0.1) is 12.8 Å². The molecule has 0 heterocycles. The van der Waals surface area contributed by atoms with Gasteiger partial charge in [0.15, 0.2) is 0 Å². The average molecular weight is 276 g/mol. The SMILES string of the molecule is CCCCCCCOc1ccc(/C=N\N=C(N)N)cc1. The molecule has 5 heteroatoms. The summed E-state index contributed by atoms with van der Waals surface area (Å²) in [6, 6.07) is 7.67. The second-order valence-electron chi connectivity index (χ2n) is 4.60. The first kappa shape index (κ1) is 16.0. The molecule has 20 heavy (non-hydrogen) atoms. The van der Waals surface area contributed by atoms with E-state index in [1.54, 1.807) is 6.21 Å². The number of benzene rings is 1. The number of rotatable bonds is 9. The Morgan fingerprint density at radius 3 is 2.45 bits per heavy atom. The Bertz CT molecular complexity index is 422. The van der Waals surface area contributed by atoms with E-state index < -0.39 is 0 Å². The van der Waals surface area contributed by atoms with E-state index in [0.717, 1.165) is 24.3 Å². The Hall–Kier alpha value is -2.04. The van der Waals surface area contributed by atoms with Crippen LogP contribution in [0.15, 0.2) is 34.5 Å². The molecule has 0 aliphatic carbocycles. The summed E-state index contributed by atoms with van der Waals surface area (Å²) in [5, 5.41) is 7.28. The highest BCUT2D eigenvalue weighted by molar-refractivity contribution is 5.81.